The van der Waals surface area contributed by atoms with Crippen molar-refractivity contribution in [2.24, 2.45) is 4.40 Å². The average molecular weight is 400 g/mol. The molecule has 2 aromatic rings. The van der Waals surface area contributed by atoms with Gasteiger partial charge in [-0.2, -0.15) is 13.5 Å². The van der Waals surface area contributed by atoms with Crippen molar-refractivity contribution in [2.75, 3.05) is 38.1 Å². The van der Waals surface area contributed by atoms with Crippen LogP contribution in [0.2, 0.25) is 0 Å². The highest BCUT2D eigenvalue weighted by Crippen LogP contribution is 2.31. The van der Waals surface area contributed by atoms with Crippen molar-refractivity contribution in [3.63, 3.8) is 0 Å². The van der Waals surface area contributed by atoms with E-state index in [1.54, 1.807) is 41.2 Å². The van der Waals surface area contributed by atoms with Crippen LogP contribution in [-0.2, 0) is 10.0 Å². The second-order valence-corrected chi connectivity index (χ2v) is 8.88. The second kappa shape index (κ2) is 6.06. The molecule has 0 N–H and O–H groups in total. The van der Waals surface area contributed by atoms with Crippen molar-refractivity contribution in [3.8, 4) is 0 Å². The lowest BCUT2D eigenvalue weighted by Crippen LogP contribution is -2.29. The number of carbonyl (C=O) groups excluding carboxylic acids is 1. The van der Waals surface area contributed by atoms with E-state index < -0.39 is 10.0 Å². The molecule has 2 amide bonds. The summed E-state index contributed by atoms with van der Waals surface area (Å²) in [6.45, 7) is 2.68. The predicted octanol–water partition coefficient (Wildman–Crippen LogP) is 1.15. The number of nitrogens with zero attached hydrogens (tertiary/aromatic N) is 6. The molecule has 1 unspecified atom stereocenters. The van der Waals surface area contributed by atoms with Gasteiger partial charge in [-0.1, -0.05) is 12.1 Å². The third-order valence-electron chi connectivity index (χ3n) is 5.57. The molecule has 2 fully saturated rings. The molecular formula is C18H20N6O3S. The lowest BCUT2D eigenvalue weighted by molar-refractivity contribution is 0.229. The summed E-state index contributed by atoms with van der Waals surface area (Å²) in [6.07, 6.45) is 4.44. The first kappa shape index (κ1) is 17.2. The first-order chi connectivity index (χ1) is 13.4. The predicted molar refractivity (Wildman–Crippen MR) is 103 cm³/mol. The average Bonchev–Trinajstić information content (AvgIpc) is 3.44. The molecule has 0 spiro atoms. The van der Waals surface area contributed by atoms with Crippen LogP contribution in [0, 0.1) is 0 Å². The molecule has 2 saturated heterocycles. The van der Waals surface area contributed by atoms with Crippen LogP contribution < -0.4 is 4.90 Å². The fourth-order valence-corrected chi connectivity index (χ4v) is 5.25. The number of anilines is 1. The van der Waals surface area contributed by atoms with Crippen LogP contribution in [0.5, 0.6) is 0 Å². The highest BCUT2D eigenvalue weighted by atomic mass is 32.2. The largest absolute Gasteiger partial charge is 0.353 e. The lowest BCUT2D eigenvalue weighted by Gasteiger charge is -2.18. The number of urea groups is 1. The van der Waals surface area contributed by atoms with Gasteiger partial charge in [-0.3, -0.25) is 9.58 Å². The second-order valence-electron chi connectivity index (χ2n) is 7.31. The number of amides is 2. The minimum atomic E-state index is -3.62. The van der Waals surface area contributed by atoms with Crippen LogP contribution in [-0.4, -0.2) is 73.1 Å². The third-order valence-corrected chi connectivity index (χ3v) is 6.89. The Balaban J connectivity index is 1.36. The van der Waals surface area contributed by atoms with Gasteiger partial charge in [-0.15, -0.1) is 4.40 Å². The molecule has 1 aromatic carbocycles. The van der Waals surface area contributed by atoms with Crippen LogP contribution >= 0.6 is 0 Å². The van der Waals surface area contributed by atoms with Crippen LogP contribution in [0.1, 0.15) is 18.0 Å². The minimum absolute atomic E-state index is 0.0188. The maximum atomic E-state index is 12.3. The van der Waals surface area contributed by atoms with Crippen molar-refractivity contribution >= 4 is 27.6 Å². The summed E-state index contributed by atoms with van der Waals surface area (Å²) in [5, 5.41) is 4.46. The Morgan fingerprint density at radius 1 is 1.14 bits per heavy atom. The van der Waals surface area contributed by atoms with E-state index in [-0.39, 0.29) is 17.0 Å². The molecule has 0 radical (unpaired) electrons. The van der Waals surface area contributed by atoms with Gasteiger partial charge in [0.25, 0.3) is 10.0 Å². The molecule has 28 heavy (non-hydrogen) atoms. The number of amidine groups is 1. The number of sulfonamides is 1. The van der Waals surface area contributed by atoms with E-state index in [4.69, 9.17) is 0 Å². The fraction of sp³-hybridized carbons (Fsp3) is 0.389. The van der Waals surface area contributed by atoms with E-state index in [0.29, 0.717) is 37.6 Å². The normalized spacial score (nSPS) is 23.5. The summed E-state index contributed by atoms with van der Waals surface area (Å²) in [5.74, 6) is 0.516. The van der Waals surface area contributed by atoms with E-state index in [1.165, 1.54) is 0 Å². The summed E-state index contributed by atoms with van der Waals surface area (Å²) in [6, 6.07) is 7.01. The summed E-state index contributed by atoms with van der Waals surface area (Å²) in [5.41, 5.74) is 1.45. The maximum Gasteiger partial charge on any atom is 0.324 e. The van der Waals surface area contributed by atoms with Crippen molar-refractivity contribution in [1.29, 1.82) is 0 Å². The topological polar surface area (TPSA) is 91.1 Å². The monoisotopic (exact) mass is 400 g/mol. The molecule has 9 nitrogen and oxygen atoms in total. The highest BCUT2D eigenvalue weighted by molar-refractivity contribution is 7.90. The van der Waals surface area contributed by atoms with Gasteiger partial charge in [-0.05, 0) is 18.6 Å². The first-order valence-electron chi connectivity index (χ1n) is 9.20. The van der Waals surface area contributed by atoms with Gasteiger partial charge in [0.15, 0.2) is 5.84 Å². The third kappa shape index (κ3) is 2.59. The Bertz CT molecular complexity index is 1090. The molecule has 146 valence electrons. The molecule has 1 atom stereocenters. The van der Waals surface area contributed by atoms with Crippen LogP contribution in [0.3, 0.4) is 0 Å². The fourth-order valence-electron chi connectivity index (χ4n) is 4.02. The summed E-state index contributed by atoms with van der Waals surface area (Å²) in [4.78, 5) is 17.9. The quantitative estimate of drug-likeness (QED) is 0.754. The van der Waals surface area contributed by atoms with E-state index >= 15 is 0 Å². The molecule has 0 saturated carbocycles. The summed E-state index contributed by atoms with van der Waals surface area (Å²) < 4.78 is 30.5. The number of rotatable bonds is 2. The number of likely N-dealkylation sites (tertiary alicyclic amines) is 1. The van der Waals surface area contributed by atoms with Crippen molar-refractivity contribution in [2.45, 2.75) is 17.4 Å². The van der Waals surface area contributed by atoms with Gasteiger partial charge in [0.2, 0.25) is 0 Å². The molecule has 4 heterocycles. The molecule has 0 aliphatic carbocycles. The SMILES string of the molecule is CN1CCN(c2cnn(C3CCN(C4=NS(=O)(=O)c5ccccc54)C3)c2)C1=O. The van der Waals surface area contributed by atoms with Crippen molar-refractivity contribution < 1.29 is 13.2 Å². The Kier molecular flexibility index (Phi) is 3.73. The summed E-state index contributed by atoms with van der Waals surface area (Å²) in [7, 11) is -1.83. The number of hydrogen-bond acceptors (Lipinski definition) is 5. The van der Waals surface area contributed by atoms with E-state index in [2.05, 4.69) is 9.50 Å². The van der Waals surface area contributed by atoms with E-state index in [0.717, 1.165) is 12.1 Å². The van der Waals surface area contributed by atoms with E-state index in [9.17, 15) is 13.2 Å². The Labute approximate surface area is 162 Å². The molecule has 0 bridgehead atoms. The van der Waals surface area contributed by atoms with Gasteiger partial charge in [0.1, 0.15) is 4.90 Å². The molecule has 10 heteroatoms. The highest BCUT2D eigenvalue weighted by Gasteiger charge is 2.36. The van der Waals surface area contributed by atoms with Gasteiger partial charge in [-0.25, -0.2) is 4.79 Å². The molecule has 5 rings (SSSR count). The Hall–Kier alpha value is -2.88. The number of aromatic nitrogens is 2. The van der Waals surface area contributed by atoms with Gasteiger partial charge in [0, 0.05) is 45.0 Å². The molecule has 3 aliphatic heterocycles. The van der Waals surface area contributed by atoms with Crippen LogP contribution in [0.25, 0.3) is 0 Å². The minimum Gasteiger partial charge on any atom is -0.353 e. The Morgan fingerprint density at radius 2 is 1.96 bits per heavy atom. The number of fused-ring (bicyclic) bond motifs is 1. The first-order valence-corrected chi connectivity index (χ1v) is 10.6. The zero-order valence-corrected chi connectivity index (χ0v) is 16.2. The number of hydrogen-bond donors (Lipinski definition) is 0. The Morgan fingerprint density at radius 3 is 2.75 bits per heavy atom. The molecule has 1 aromatic heterocycles. The number of benzene rings is 1. The van der Waals surface area contributed by atoms with Gasteiger partial charge in [0.05, 0.1) is 17.9 Å². The molecule has 3 aliphatic rings. The maximum absolute atomic E-state index is 12.3. The zero-order chi connectivity index (χ0) is 19.5. The molecular weight excluding hydrogens is 380 g/mol. The van der Waals surface area contributed by atoms with Crippen molar-refractivity contribution in [3.05, 3.63) is 42.2 Å². The van der Waals surface area contributed by atoms with Crippen LogP contribution in [0.15, 0.2) is 46.0 Å². The van der Waals surface area contributed by atoms with Crippen LogP contribution in [0.4, 0.5) is 10.5 Å². The zero-order valence-electron chi connectivity index (χ0n) is 15.4. The smallest absolute Gasteiger partial charge is 0.324 e. The van der Waals surface area contributed by atoms with Gasteiger partial charge >= 0.3 is 6.03 Å². The standard InChI is InChI=1S/C18H20N6O3S/c1-21-8-9-23(18(21)25)14-10-19-24(12-14)13-6-7-22(11-13)17-15-4-2-3-5-16(15)28(26,27)20-17/h2-5,10,12-13H,6-9,11H2,1H3. The van der Waals surface area contributed by atoms with E-state index in [1.807, 2.05) is 21.8 Å². The van der Waals surface area contributed by atoms with Gasteiger partial charge < -0.3 is 9.80 Å². The summed E-state index contributed by atoms with van der Waals surface area (Å²) >= 11 is 0. The number of likely N-dealkylation sites (N-methyl/N-ethyl adjacent to an activating group) is 1. The van der Waals surface area contributed by atoms with Crippen molar-refractivity contribution in [1.82, 2.24) is 19.6 Å². The lowest BCUT2D eigenvalue weighted by atomic mass is 10.2. The number of carbonyl (C=O) groups is 1.